The van der Waals surface area contributed by atoms with Gasteiger partial charge < -0.3 is 14.6 Å². The molecule has 2 aromatic rings. The standard InChI is InChI=1S/C17H20O3/c1-13(18)15-4-3-5-17(12-15)20-11-10-14-6-8-16(19-2)9-7-14/h3-9,12-13,18H,10-11H2,1-2H3. The number of rotatable bonds is 6. The van der Waals surface area contributed by atoms with Crippen LogP contribution in [0.5, 0.6) is 11.5 Å². The molecule has 0 bridgehead atoms. The first-order valence-electron chi connectivity index (χ1n) is 6.73. The zero-order chi connectivity index (χ0) is 14.4. The molecule has 0 heterocycles. The molecule has 106 valence electrons. The van der Waals surface area contributed by atoms with E-state index in [1.165, 1.54) is 5.56 Å². The molecule has 0 aliphatic heterocycles. The quantitative estimate of drug-likeness (QED) is 0.876. The summed E-state index contributed by atoms with van der Waals surface area (Å²) in [5, 5.41) is 9.53. The molecule has 1 atom stereocenters. The van der Waals surface area contributed by atoms with Gasteiger partial charge >= 0.3 is 0 Å². The molecule has 0 aromatic heterocycles. The van der Waals surface area contributed by atoms with E-state index in [0.29, 0.717) is 6.61 Å². The van der Waals surface area contributed by atoms with Crippen LogP contribution in [0.25, 0.3) is 0 Å². The predicted molar refractivity (Wildman–Crippen MR) is 79.3 cm³/mol. The largest absolute Gasteiger partial charge is 0.497 e. The minimum atomic E-state index is -0.472. The van der Waals surface area contributed by atoms with Gasteiger partial charge in [0.15, 0.2) is 0 Å². The third kappa shape index (κ3) is 4.00. The minimum Gasteiger partial charge on any atom is -0.497 e. The van der Waals surface area contributed by atoms with E-state index in [2.05, 4.69) is 0 Å². The van der Waals surface area contributed by atoms with Crippen molar-refractivity contribution in [2.45, 2.75) is 19.4 Å². The molecule has 1 unspecified atom stereocenters. The molecule has 0 aliphatic carbocycles. The van der Waals surface area contributed by atoms with Crippen LogP contribution in [0.1, 0.15) is 24.2 Å². The number of methoxy groups -OCH3 is 1. The first-order chi connectivity index (χ1) is 9.69. The van der Waals surface area contributed by atoms with Gasteiger partial charge in [-0.1, -0.05) is 24.3 Å². The maximum absolute atomic E-state index is 9.53. The zero-order valence-electron chi connectivity index (χ0n) is 11.9. The third-order valence-electron chi connectivity index (χ3n) is 3.16. The average Bonchev–Trinajstić information content (AvgIpc) is 2.48. The highest BCUT2D eigenvalue weighted by Crippen LogP contribution is 2.19. The lowest BCUT2D eigenvalue weighted by Gasteiger charge is -2.10. The molecule has 3 nitrogen and oxygen atoms in total. The van der Waals surface area contributed by atoms with Gasteiger partial charge in [-0.25, -0.2) is 0 Å². The first-order valence-corrected chi connectivity index (χ1v) is 6.73. The predicted octanol–water partition coefficient (Wildman–Crippen LogP) is 3.37. The maximum Gasteiger partial charge on any atom is 0.119 e. The van der Waals surface area contributed by atoms with Gasteiger partial charge in [0.1, 0.15) is 11.5 Å². The van der Waals surface area contributed by atoms with E-state index in [1.54, 1.807) is 14.0 Å². The van der Waals surface area contributed by atoms with Crippen molar-refractivity contribution in [2.75, 3.05) is 13.7 Å². The molecule has 20 heavy (non-hydrogen) atoms. The van der Waals surface area contributed by atoms with Crippen molar-refractivity contribution >= 4 is 0 Å². The fraction of sp³-hybridized carbons (Fsp3) is 0.294. The average molecular weight is 272 g/mol. The van der Waals surface area contributed by atoms with Crippen LogP contribution in [-0.2, 0) is 6.42 Å². The monoisotopic (exact) mass is 272 g/mol. The highest BCUT2D eigenvalue weighted by Gasteiger charge is 2.02. The molecular weight excluding hydrogens is 252 g/mol. The number of benzene rings is 2. The van der Waals surface area contributed by atoms with Crippen LogP contribution in [0.4, 0.5) is 0 Å². The molecule has 0 fully saturated rings. The van der Waals surface area contributed by atoms with Crippen molar-refractivity contribution in [2.24, 2.45) is 0 Å². The van der Waals surface area contributed by atoms with Crippen molar-refractivity contribution in [3.63, 3.8) is 0 Å². The molecule has 0 radical (unpaired) electrons. The van der Waals surface area contributed by atoms with Crippen molar-refractivity contribution in [1.29, 1.82) is 0 Å². The summed E-state index contributed by atoms with van der Waals surface area (Å²) in [5.41, 5.74) is 2.07. The minimum absolute atomic E-state index is 0.472. The van der Waals surface area contributed by atoms with E-state index >= 15 is 0 Å². The Morgan fingerprint density at radius 1 is 1.05 bits per heavy atom. The maximum atomic E-state index is 9.53. The number of hydrogen-bond donors (Lipinski definition) is 1. The molecular formula is C17H20O3. The molecule has 0 saturated carbocycles. The molecule has 2 aromatic carbocycles. The Morgan fingerprint density at radius 3 is 2.45 bits per heavy atom. The van der Waals surface area contributed by atoms with Crippen LogP contribution in [0.2, 0.25) is 0 Å². The summed E-state index contributed by atoms with van der Waals surface area (Å²) in [4.78, 5) is 0. The molecule has 0 aliphatic rings. The normalized spacial score (nSPS) is 11.9. The Kier molecular flexibility index (Phi) is 5.02. The van der Waals surface area contributed by atoms with Crippen LogP contribution in [0.3, 0.4) is 0 Å². The van der Waals surface area contributed by atoms with E-state index in [1.807, 2.05) is 48.5 Å². The van der Waals surface area contributed by atoms with Gasteiger partial charge in [0, 0.05) is 6.42 Å². The Hall–Kier alpha value is -2.00. The number of aliphatic hydroxyl groups is 1. The Labute approximate surface area is 119 Å². The van der Waals surface area contributed by atoms with Crippen molar-refractivity contribution in [1.82, 2.24) is 0 Å². The molecule has 0 saturated heterocycles. The van der Waals surface area contributed by atoms with Gasteiger partial charge in [0.05, 0.1) is 19.8 Å². The number of ether oxygens (including phenoxy) is 2. The fourth-order valence-corrected chi connectivity index (χ4v) is 1.94. The Morgan fingerprint density at radius 2 is 1.80 bits per heavy atom. The SMILES string of the molecule is COc1ccc(CCOc2cccc(C(C)O)c2)cc1. The Bertz CT molecular complexity index is 532. The van der Waals surface area contributed by atoms with E-state index in [-0.39, 0.29) is 0 Å². The Balaban J connectivity index is 1.87. The zero-order valence-corrected chi connectivity index (χ0v) is 11.9. The second-order valence-corrected chi connectivity index (χ2v) is 4.69. The second kappa shape index (κ2) is 6.96. The first kappa shape index (κ1) is 14.4. The number of hydrogen-bond acceptors (Lipinski definition) is 3. The van der Waals surface area contributed by atoms with Gasteiger partial charge in [0.2, 0.25) is 0 Å². The van der Waals surface area contributed by atoms with Crippen molar-refractivity contribution in [3.05, 3.63) is 59.7 Å². The smallest absolute Gasteiger partial charge is 0.119 e. The molecule has 2 rings (SSSR count). The third-order valence-corrected chi connectivity index (χ3v) is 3.16. The number of aliphatic hydroxyl groups excluding tert-OH is 1. The lowest BCUT2D eigenvalue weighted by molar-refractivity contribution is 0.198. The summed E-state index contributed by atoms with van der Waals surface area (Å²) < 4.78 is 10.8. The van der Waals surface area contributed by atoms with Gasteiger partial charge in [-0.3, -0.25) is 0 Å². The highest BCUT2D eigenvalue weighted by molar-refractivity contribution is 5.30. The summed E-state index contributed by atoms with van der Waals surface area (Å²) in [5.74, 6) is 1.65. The van der Waals surface area contributed by atoms with E-state index in [0.717, 1.165) is 23.5 Å². The van der Waals surface area contributed by atoms with Gasteiger partial charge in [-0.2, -0.15) is 0 Å². The summed E-state index contributed by atoms with van der Waals surface area (Å²) in [7, 11) is 1.66. The van der Waals surface area contributed by atoms with E-state index in [9.17, 15) is 5.11 Å². The van der Waals surface area contributed by atoms with E-state index in [4.69, 9.17) is 9.47 Å². The van der Waals surface area contributed by atoms with Crippen LogP contribution >= 0.6 is 0 Å². The van der Waals surface area contributed by atoms with Crippen LogP contribution in [0.15, 0.2) is 48.5 Å². The van der Waals surface area contributed by atoms with Gasteiger partial charge in [-0.15, -0.1) is 0 Å². The fourth-order valence-electron chi connectivity index (χ4n) is 1.94. The summed E-state index contributed by atoms with van der Waals surface area (Å²) in [6, 6.07) is 15.5. The van der Waals surface area contributed by atoms with Crippen LogP contribution in [-0.4, -0.2) is 18.8 Å². The van der Waals surface area contributed by atoms with Crippen LogP contribution < -0.4 is 9.47 Å². The summed E-state index contributed by atoms with van der Waals surface area (Å²) in [6.45, 7) is 2.35. The lowest BCUT2D eigenvalue weighted by atomic mass is 10.1. The van der Waals surface area contributed by atoms with Crippen LogP contribution in [0, 0.1) is 0 Å². The molecule has 0 spiro atoms. The van der Waals surface area contributed by atoms with Gasteiger partial charge in [-0.05, 0) is 42.3 Å². The van der Waals surface area contributed by atoms with Gasteiger partial charge in [0.25, 0.3) is 0 Å². The highest BCUT2D eigenvalue weighted by atomic mass is 16.5. The van der Waals surface area contributed by atoms with E-state index < -0.39 is 6.10 Å². The second-order valence-electron chi connectivity index (χ2n) is 4.69. The molecule has 0 amide bonds. The molecule has 1 N–H and O–H groups in total. The summed E-state index contributed by atoms with van der Waals surface area (Å²) in [6.07, 6.45) is 0.364. The summed E-state index contributed by atoms with van der Waals surface area (Å²) >= 11 is 0. The van der Waals surface area contributed by atoms with Crippen molar-refractivity contribution < 1.29 is 14.6 Å². The lowest BCUT2D eigenvalue weighted by Crippen LogP contribution is -2.02. The van der Waals surface area contributed by atoms with Crippen molar-refractivity contribution in [3.8, 4) is 11.5 Å². The molecule has 3 heteroatoms. The topological polar surface area (TPSA) is 38.7 Å².